The molecular formula is C21H26N2O2. The molecule has 2 aromatic rings. The second-order valence-electron chi connectivity index (χ2n) is 6.25. The highest BCUT2D eigenvalue weighted by Gasteiger charge is 2.15. The van der Waals surface area contributed by atoms with Crippen LogP contribution in [0.15, 0.2) is 48.5 Å². The van der Waals surface area contributed by atoms with Crippen molar-refractivity contribution < 1.29 is 9.59 Å². The maximum absolute atomic E-state index is 12.6. The van der Waals surface area contributed by atoms with Gasteiger partial charge in [-0.15, -0.1) is 0 Å². The lowest BCUT2D eigenvalue weighted by atomic mass is 10.0. The van der Waals surface area contributed by atoms with E-state index in [1.807, 2.05) is 38.1 Å². The van der Waals surface area contributed by atoms with Crippen LogP contribution in [0.1, 0.15) is 59.9 Å². The smallest absolute Gasteiger partial charge is 0.255 e. The van der Waals surface area contributed by atoms with Crippen molar-refractivity contribution >= 4 is 17.5 Å². The van der Waals surface area contributed by atoms with Crippen molar-refractivity contribution in [2.45, 2.75) is 33.6 Å². The molecule has 132 valence electrons. The fourth-order valence-corrected chi connectivity index (χ4v) is 2.80. The maximum atomic E-state index is 12.6. The molecule has 0 bridgehead atoms. The van der Waals surface area contributed by atoms with Crippen molar-refractivity contribution in [2.24, 2.45) is 0 Å². The summed E-state index contributed by atoms with van der Waals surface area (Å²) in [6.07, 6.45) is 0. The molecule has 2 amide bonds. The number of nitrogens with one attached hydrogen (secondary N) is 1. The molecule has 4 heteroatoms. The standard InChI is InChI=1S/C21H26N2O2/c1-5-23(6-2)21(25)17-11-9-10-16(14-17)20(24)22-19-13-8-7-12-18(19)15(3)4/h7-15H,5-6H2,1-4H3,(H,22,24). The van der Waals surface area contributed by atoms with Crippen molar-refractivity contribution in [1.29, 1.82) is 0 Å². The first-order valence-corrected chi connectivity index (χ1v) is 8.77. The van der Waals surface area contributed by atoms with E-state index in [4.69, 9.17) is 0 Å². The van der Waals surface area contributed by atoms with E-state index in [9.17, 15) is 9.59 Å². The molecule has 0 aromatic heterocycles. The van der Waals surface area contributed by atoms with E-state index in [0.717, 1.165) is 11.3 Å². The average molecular weight is 338 g/mol. The molecule has 25 heavy (non-hydrogen) atoms. The average Bonchev–Trinajstić information content (AvgIpc) is 2.63. The van der Waals surface area contributed by atoms with E-state index in [0.29, 0.717) is 30.1 Å². The summed E-state index contributed by atoms with van der Waals surface area (Å²) in [4.78, 5) is 26.9. The lowest BCUT2D eigenvalue weighted by molar-refractivity contribution is 0.0773. The third-order valence-corrected chi connectivity index (χ3v) is 4.25. The highest BCUT2D eigenvalue weighted by atomic mass is 16.2. The van der Waals surface area contributed by atoms with E-state index < -0.39 is 0 Å². The van der Waals surface area contributed by atoms with Gasteiger partial charge in [0.25, 0.3) is 11.8 Å². The van der Waals surface area contributed by atoms with Crippen molar-refractivity contribution in [3.63, 3.8) is 0 Å². The van der Waals surface area contributed by atoms with Crippen LogP contribution < -0.4 is 5.32 Å². The monoisotopic (exact) mass is 338 g/mol. The summed E-state index contributed by atoms with van der Waals surface area (Å²) in [7, 11) is 0. The van der Waals surface area contributed by atoms with E-state index in [1.165, 1.54) is 0 Å². The number of amides is 2. The number of hydrogen-bond donors (Lipinski definition) is 1. The van der Waals surface area contributed by atoms with Gasteiger partial charge in [-0.25, -0.2) is 0 Å². The molecule has 0 aliphatic heterocycles. The Morgan fingerprint density at radius 2 is 1.60 bits per heavy atom. The second kappa shape index (κ2) is 8.47. The van der Waals surface area contributed by atoms with Crippen LogP contribution in [0.2, 0.25) is 0 Å². The Balaban J connectivity index is 2.24. The van der Waals surface area contributed by atoms with Crippen LogP contribution in [0.3, 0.4) is 0 Å². The molecule has 0 unspecified atom stereocenters. The molecule has 0 aliphatic carbocycles. The fourth-order valence-electron chi connectivity index (χ4n) is 2.80. The number of anilines is 1. The first kappa shape index (κ1) is 18.7. The van der Waals surface area contributed by atoms with Crippen LogP contribution in [0.25, 0.3) is 0 Å². The normalized spacial score (nSPS) is 10.6. The van der Waals surface area contributed by atoms with E-state index in [2.05, 4.69) is 19.2 Å². The Hall–Kier alpha value is -2.62. The molecule has 2 rings (SSSR count). The highest BCUT2D eigenvalue weighted by molar-refractivity contribution is 6.06. The quantitative estimate of drug-likeness (QED) is 0.840. The van der Waals surface area contributed by atoms with Gasteiger partial charge in [-0.05, 0) is 49.6 Å². The molecule has 0 atom stereocenters. The number of carbonyl (C=O) groups excluding carboxylic acids is 2. The Kier molecular flexibility index (Phi) is 6.34. The molecule has 2 aromatic carbocycles. The highest BCUT2D eigenvalue weighted by Crippen LogP contribution is 2.24. The second-order valence-corrected chi connectivity index (χ2v) is 6.25. The number of para-hydroxylation sites is 1. The minimum Gasteiger partial charge on any atom is -0.339 e. The van der Waals surface area contributed by atoms with Crippen molar-refractivity contribution in [2.75, 3.05) is 18.4 Å². The minimum absolute atomic E-state index is 0.0535. The van der Waals surface area contributed by atoms with Crippen LogP contribution >= 0.6 is 0 Å². The van der Waals surface area contributed by atoms with Gasteiger partial charge in [-0.3, -0.25) is 9.59 Å². The van der Waals surface area contributed by atoms with Gasteiger partial charge in [-0.1, -0.05) is 38.1 Å². The minimum atomic E-state index is -0.206. The number of carbonyl (C=O) groups is 2. The van der Waals surface area contributed by atoms with Crippen LogP contribution in [0.4, 0.5) is 5.69 Å². The summed E-state index contributed by atoms with van der Waals surface area (Å²) in [6, 6.07) is 14.7. The first-order chi connectivity index (χ1) is 12.0. The Bertz CT molecular complexity index is 749. The molecule has 0 radical (unpaired) electrons. The van der Waals surface area contributed by atoms with Crippen molar-refractivity contribution in [1.82, 2.24) is 4.90 Å². The van der Waals surface area contributed by atoms with E-state index in [-0.39, 0.29) is 11.8 Å². The summed E-state index contributed by atoms with van der Waals surface area (Å²) in [6.45, 7) is 9.37. The zero-order valence-electron chi connectivity index (χ0n) is 15.4. The van der Waals surface area contributed by atoms with E-state index >= 15 is 0 Å². The maximum Gasteiger partial charge on any atom is 0.255 e. The van der Waals surface area contributed by atoms with Crippen LogP contribution in [0, 0.1) is 0 Å². The zero-order chi connectivity index (χ0) is 18.4. The van der Waals surface area contributed by atoms with Crippen LogP contribution in [0.5, 0.6) is 0 Å². The van der Waals surface area contributed by atoms with Gasteiger partial charge in [0, 0.05) is 29.9 Å². The number of nitrogens with zero attached hydrogens (tertiary/aromatic N) is 1. The summed E-state index contributed by atoms with van der Waals surface area (Å²) in [5.41, 5.74) is 2.92. The SMILES string of the molecule is CCN(CC)C(=O)c1cccc(C(=O)Nc2ccccc2C(C)C)c1. The number of rotatable bonds is 6. The molecule has 0 saturated heterocycles. The lowest BCUT2D eigenvalue weighted by Gasteiger charge is -2.19. The summed E-state index contributed by atoms with van der Waals surface area (Å²) in [5.74, 6) is 0.0524. The third kappa shape index (κ3) is 4.47. The van der Waals surface area contributed by atoms with Gasteiger partial charge in [0.2, 0.25) is 0 Å². The van der Waals surface area contributed by atoms with Gasteiger partial charge < -0.3 is 10.2 Å². The predicted molar refractivity (Wildman–Crippen MR) is 102 cm³/mol. The third-order valence-electron chi connectivity index (χ3n) is 4.25. The van der Waals surface area contributed by atoms with Gasteiger partial charge in [0.15, 0.2) is 0 Å². The Morgan fingerprint density at radius 3 is 2.24 bits per heavy atom. The Labute approximate surface area is 149 Å². The first-order valence-electron chi connectivity index (χ1n) is 8.77. The van der Waals surface area contributed by atoms with Crippen LogP contribution in [-0.4, -0.2) is 29.8 Å². The molecular weight excluding hydrogens is 312 g/mol. The van der Waals surface area contributed by atoms with Gasteiger partial charge >= 0.3 is 0 Å². The molecule has 1 N–H and O–H groups in total. The molecule has 4 nitrogen and oxygen atoms in total. The predicted octanol–water partition coefficient (Wildman–Crippen LogP) is 4.54. The molecule has 0 fully saturated rings. The number of hydrogen-bond acceptors (Lipinski definition) is 2. The Morgan fingerprint density at radius 1 is 0.960 bits per heavy atom. The van der Waals surface area contributed by atoms with E-state index in [1.54, 1.807) is 29.2 Å². The molecule has 0 saturated carbocycles. The molecule has 0 aliphatic rings. The molecule has 0 spiro atoms. The number of benzene rings is 2. The molecule has 0 heterocycles. The zero-order valence-corrected chi connectivity index (χ0v) is 15.4. The van der Waals surface area contributed by atoms with Crippen molar-refractivity contribution in [3.05, 3.63) is 65.2 Å². The lowest BCUT2D eigenvalue weighted by Crippen LogP contribution is -2.30. The van der Waals surface area contributed by atoms with Gasteiger partial charge in [-0.2, -0.15) is 0 Å². The summed E-state index contributed by atoms with van der Waals surface area (Å²) < 4.78 is 0. The van der Waals surface area contributed by atoms with Gasteiger partial charge in [0.05, 0.1) is 0 Å². The van der Waals surface area contributed by atoms with Crippen LogP contribution in [-0.2, 0) is 0 Å². The van der Waals surface area contributed by atoms with Crippen molar-refractivity contribution in [3.8, 4) is 0 Å². The summed E-state index contributed by atoms with van der Waals surface area (Å²) >= 11 is 0. The van der Waals surface area contributed by atoms with Gasteiger partial charge in [0.1, 0.15) is 0 Å². The summed E-state index contributed by atoms with van der Waals surface area (Å²) in [5, 5.41) is 2.97. The largest absolute Gasteiger partial charge is 0.339 e. The fraction of sp³-hybridized carbons (Fsp3) is 0.333. The topological polar surface area (TPSA) is 49.4 Å².